The highest BCUT2D eigenvalue weighted by Crippen LogP contribution is 2.09. The zero-order chi connectivity index (χ0) is 13.5. The van der Waals surface area contributed by atoms with Gasteiger partial charge in [-0.1, -0.05) is 24.3 Å². The van der Waals surface area contributed by atoms with E-state index < -0.39 is 0 Å². The van der Waals surface area contributed by atoms with Gasteiger partial charge in [-0.2, -0.15) is 0 Å². The van der Waals surface area contributed by atoms with Crippen molar-refractivity contribution < 1.29 is 9.13 Å². The summed E-state index contributed by atoms with van der Waals surface area (Å²) in [5.41, 5.74) is 2.38. The van der Waals surface area contributed by atoms with Gasteiger partial charge in [-0.25, -0.2) is 4.39 Å². The molecule has 1 aromatic carbocycles. The zero-order valence-electron chi connectivity index (χ0n) is 10.9. The van der Waals surface area contributed by atoms with Gasteiger partial charge in [0.1, 0.15) is 5.82 Å². The number of nitrogens with zero attached hydrogens (tertiary/aromatic N) is 1. The monoisotopic (exact) mass is 260 g/mol. The summed E-state index contributed by atoms with van der Waals surface area (Å²) in [5, 5.41) is 3.05. The first-order valence-electron chi connectivity index (χ1n) is 6.20. The van der Waals surface area contributed by atoms with Crippen LogP contribution in [0.1, 0.15) is 17.0 Å². The van der Waals surface area contributed by atoms with Crippen LogP contribution in [0, 0.1) is 5.82 Å². The molecule has 0 saturated heterocycles. The third-order valence-corrected chi connectivity index (χ3v) is 2.69. The Labute approximate surface area is 112 Å². The van der Waals surface area contributed by atoms with Crippen LogP contribution in [-0.4, -0.2) is 12.0 Å². The molecule has 1 N–H and O–H groups in total. The Morgan fingerprint density at radius 1 is 1.05 bits per heavy atom. The molecule has 0 spiro atoms. The lowest BCUT2D eigenvalue weighted by atomic mass is 10.2. The Hall–Kier alpha value is -1.78. The topological polar surface area (TPSA) is 34.1 Å². The van der Waals surface area contributed by atoms with Crippen LogP contribution in [0.3, 0.4) is 0 Å². The van der Waals surface area contributed by atoms with E-state index in [-0.39, 0.29) is 12.4 Å². The predicted octanol–water partition coefficient (Wildman–Crippen LogP) is 2.66. The molecule has 0 amide bonds. The van der Waals surface area contributed by atoms with Crippen molar-refractivity contribution in [2.75, 3.05) is 7.05 Å². The number of benzene rings is 1. The number of pyridine rings is 1. The van der Waals surface area contributed by atoms with E-state index in [1.165, 1.54) is 6.07 Å². The molecule has 0 bridgehead atoms. The van der Waals surface area contributed by atoms with Crippen LogP contribution in [0.25, 0.3) is 0 Å². The van der Waals surface area contributed by atoms with Gasteiger partial charge >= 0.3 is 0 Å². The molecule has 2 aromatic rings. The standard InChI is InChI=1S/C15H17FN2O/c1-17-9-13-6-4-7-14(18-13)11-19-10-12-5-2-3-8-15(12)16/h2-8,17H,9-11H2,1H3. The average molecular weight is 260 g/mol. The number of aromatic nitrogens is 1. The molecule has 0 saturated carbocycles. The van der Waals surface area contributed by atoms with E-state index in [0.717, 1.165) is 17.9 Å². The van der Waals surface area contributed by atoms with Crippen molar-refractivity contribution in [3.05, 3.63) is 65.2 Å². The molecule has 2 rings (SSSR count). The Bertz CT molecular complexity index is 531. The zero-order valence-corrected chi connectivity index (χ0v) is 10.9. The molecule has 0 aliphatic rings. The normalized spacial score (nSPS) is 10.6. The van der Waals surface area contributed by atoms with Crippen molar-refractivity contribution >= 4 is 0 Å². The Morgan fingerprint density at radius 3 is 2.63 bits per heavy atom. The second kappa shape index (κ2) is 6.97. The lowest BCUT2D eigenvalue weighted by Gasteiger charge is -2.06. The number of hydrogen-bond acceptors (Lipinski definition) is 3. The number of ether oxygens (including phenoxy) is 1. The average Bonchev–Trinajstić information content (AvgIpc) is 2.42. The molecule has 1 aromatic heterocycles. The molecule has 100 valence electrons. The molecular formula is C15H17FN2O. The molecule has 3 nitrogen and oxygen atoms in total. The number of rotatable bonds is 6. The van der Waals surface area contributed by atoms with Crippen molar-refractivity contribution in [3.63, 3.8) is 0 Å². The third kappa shape index (κ3) is 4.12. The van der Waals surface area contributed by atoms with Gasteiger partial charge in [0.05, 0.1) is 24.6 Å². The van der Waals surface area contributed by atoms with Crippen LogP contribution in [0.2, 0.25) is 0 Å². The maximum Gasteiger partial charge on any atom is 0.128 e. The van der Waals surface area contributed by atoms with Crippen molar-refractivity contribution in [3.8, 4) is 0 Å². The molecule has 0 unspecified atom stereocenters. The number of halogens is 1. The number of hydrogen-bond donors (Lipinski definition) is 1. The highest BCUT2D eigenvalue weighted by molar-refractivity contribution is 5.16. The maximum atomic E-state index is 13.4. The predicted molar refractivity (Wildman–Crippen MR) is 71.9 cm³/mol. The van der Waals surface area contributed by atoms with Crippen molar-refractivity contribution in [1.29, 1.82) is 0 Å². The van der Waals surface area contributed by atoms with Gasteiger partial charge in [-0.15, -0.1) is 0 Å². The fourth-order valence-corrected chi connectivity index (χ4v) is 1.77. The highest BCUT2D eigenvalue weighted by atomic mass is 19.1. The van der Waals surface area contributed by atoms with E-state index in [2.05, 4.69) is 10.3 Å². The molecule has 0 aliphatic carbocycles. The summed E-state index contributed by atoms with van der Waals surface area (Å²) in [4.78, 5) is 4.43. The minimum atomic E-state index is -0.237. The Balaban J connectivity index is 1.89. The lowest BCUT2D eigenvalue weighted by molar-refractivity contribution is 0.102. The molecule has 1 heterocycles. The summed E-state index contributed by atoms with van der Waals surface area (Å²) in [7, 11) is 1.88. The first-order chi connectivity index (χ1) is 9.29. The second-order valence-corrected chi connectivity index (χ2v) is 4.23. The van der Waals surface area contributed by atoms with Crippen LogP contribution in [-0.2, 0) is 24.5 Å². The maximum absolute atomic E-state index is 13.4. The van der Waals surface area contributed by atoms with Gasteiger partial charge in [0, 0.05) is 12.1 Å². The summed E-state index contributed by atoms with van der Waals surface area (Å²) in [6.45, 7) is 1.36. The van der Waals surface area contributed by atoms with Gasteiger partial charge in [0.15, 0.2) is 0 Å². The molecule has 0 aliphatic heterocycles. The van der Waals surface area contributed by atoms with Crippen LogP contribution in [0.5, 0.6) is 0 Å². The minimum Gasteiger partial charge on any atom is -0.370 e. The van der Waals surface area contributed by atoms with E-state index >= 15 is 0 Å². The largest absolute Gasteiger partial charge is 0.370 e. The van der Waals surface area contributed by atoms with Crippen LogP contribution >= 0.6 is 0 Å². The van der Waals surface area contributed by atoms with Crippen LogP contribution in [0.4, 0.5) is 4.39 Å². The third-order valence-electron chi connectivity index (χ3n) is 2.69. The van der Waals surface area contributed by atoms with Crippen LogP contribution in [0.15, 0.2) is 42.5 Å². The van der Waals surface area contributed by atoms with Gasteiger partial charge in [0.25, 0.3) is 0 Å². The van der Waals surface area contributed by atoms with E-state index in [9.17, 15) is 4.39 Å². The molecular weight excluding hydrogens is 243 g/mol. The van der Waals surface area contributed by atoms with Gasteiger partial charge < -0.3 is 10.1 Å². The Morgan fingerprint density at radius 2 is 1.84 bits per heavy atom. The SMILES string of the molecule is CNCc1cccc(COCc2ccccc2F)n1. The second-order valence-electron chi connectivity index (χ2n) is 4.23. The van der Waals surface area contributed by atoms with E-state index in [0.29, 0.717) is 12.2 Å². The Kier molecular flexibility index (Phi) is 5.01. The van der Waals surface area contributed by atoms with Gasteiger partial charge in [-0.3, -0.25) is 4.98 Å². The van der Waals surface area contributed by atoms with Crippen molar-refractivity contribution in [2.45, 2.75) is 19.8 Å². The first-order valence-corrected chi connectivity index (χ1v) is 6.20. The minimum absolute atomic E-state index is 0.237. The molecule has 4 heteroatoms. The van der Waals surface area contributed by atoms with Gasteiger partial charge in [0.2, 0.25) is 0 Å². The molecule has 0 fully saturated rings. The quantitative estimate of drug-likeness (QED) is 0.867. The van der Waals surface area contributed by atoms with Crippen molar-refractivity contribution in [1.82, 2.24) is 10.3 Å². The summed E-state index contributed by atoms with van der Waals surface area (Å²) in [5.74, 6) is -0.237. The highest BCUT2D eigenvalue weighted by Gasteiger charge is 2.02. The smallest absolute Gasteiger partial charge is 0.128 e. The summed E-state index contributed by atoms with van der Waals surface area (Å²) in [6, 6.07) is 12.4. The number of nitrogens with one attached hydrogen (secondary N) is 1. The van der Waals surface area contributed by atoms with Crippen LogP contribution < -0.4 is 5.32 Å². The van der Waals surface area contributed by atoms with E-state index in [4.69, 9.17) is 4.74 Å². The molecule has 0 atom stereocenters. The molecule has 0 radical (unpaired) electrons. The molecule has 19 heavy (non-hydrogen) atoms. The fraction of sp³-hybridized carbons (Fsp3) is 0.267. The van der Waals surface area contributed by atoms with Crippen molar-refractivity contribution in [2.24, 2.45) is 0 Å². The fourth-order valence-electron chi connectivity index (χ4n) is 1.77. The van der Waals surface area contributed by atoms with E-state index in [1.54, 1.807) is 18.2 Å². The summed E-state index contributed by atoms with van der Waals surface area (Å²) in [6.07, 6.45) is 0. The van der Waals surface area contributed by atoms with E-state index in [1.807, 2.05) is 25.2 Å². The first kappa shape index (κ1) is 13.6. The lowest BCUT2D eigenvalue weighted by Crippen LogP contribution is -2.08. The summed E-state index contributed by atoms with van der Waals surface area (Å²) < 4.78 is 18.9. The summed E-state index contributed by atoms with van der Waals surface area (Å²) >= 11 is 0. The van der Waals surface area contributed by atoms with Gasteiger partial charge in [-0.05, 0) is 25.2 Å².